The van der Waals surface area contributed by atoms with Gasteiger partial charge in [0.15, 0.2) is 17.3 Å². The van der Waals surface area contributed by atoms with Crippen molar-refractivity contribution in [3.63, 3.8) is 0 Å². The van der Waals surface area contributed by atoms with Crippen LogP contribution in [0.2, 0.25) is 0 Å². The summed E-state index contributed by atoms with van der Waals surface area (Å²) in [5.41, 5.74) is 3.02. The number of aromatic amines is 1. The second-order valence-electron chi connectivity index (χ2n) is 10.0. The average Bonchev–Trinajstić information content (AvgIpc) is 3.35. The molecule has 3 N–H and O–H groups in total. The molecule has 3 aromatic carbocycles. The van der Waals surface area contributed by atoms with Gasteiger partial charge in [-0.3, -0.25) is 14.6 Å². The fourth-order valence-electron chi connectivity index (χ4n) is 5.30. The highest BCUT2D eigenvalue weighted by Crippen LogP contribution is 2.34. The lowest BCUT2D eigenvalue weighted by Crippen LogP contribution is -2.17. The molecule has 1 saturated carbocycles. The Hall–Kier alpha value is -4.05. The van der Waals surface area contributed by atoms with E-state index in [-0.39, 0.29) is 17.2 Å². The second-order valence-corrected chi connectivity index (χ2v) is 11.7. The van der Waals surface area contributed by atoms with Gasteiger partial charge < -0.3 is 14.8 Å². The first-order valence-electron chi connectivity index (χ1n) is 13.2. The monoisotopic (exact) mass is 546 g/mol. The van der Waals surface area contributed by atoms with Gasteiger partial charge in [-0.05, 0) is 72.4 Å². The van der Waals surface area contributed by atoms with E-state index < -0.39 is 10.0 Å². The fraction of sp³-hybridized carbons (Fsp3) is 0.310. The van der Waals surface area contributed by atoms with Crippen molar-refractivity contribution in [2.75, 3.05) is 23.3 Å². The third kappa shape index (κ3) is 5.56. The minimum absolute atomic E-state index is 0.119. The van der Waals surface area contributed by atoms with E-state index in [1.54, 1.807) is 42.5 Å². The smallest absolute Gasteiger partial charge is 0.261 e. The lowest BCUT2D eigenvalue weighted by atomic mass is 9.84. The molecule has 4 aromatic rings. The number of sulfonamides is 1. The Kier molecular flexibility index (Phi) is 6.86. The molecule has 0 unspecified atom stereocenters. The number of carbonyl (C=O) groups excluding carboxylic acids is 1. The molecule has 0 saturated heterocycles. The van der Waals surface area contributed by atoms with Crippen LogP contribution in [0.15, 0.2) is 65.6 Å². The summed E-state index contributed by atoms with van der Waals surface area (Å²) in [5.74, 6) is 1.86. The summed E-state index contributed by atoms with van der Waals surface area (Å²) in [5, 5.41) is 10.5. The van der Waals surface area contributed by atoms with Crippen molar-refractivity contribution in [2.24, 2.45) is 0 Å². The normalized spacial score (nSPS) is 15.7. The minimum Gasteiger partial charge on any atom is -0.486 e. The molecule has 2 heterocycles. The van der Waals surface area contributed by atoms with Crippen LogP contribution in [0.1, 0.15) is 49.1 Å². The lowest BCUT2D eigenvalue weighted by molar-refractivity contribution is -0.115. The Bertz CT molecular complexity index is 1610. The van der Waals surface area contributed by atoms with Crippen LogP contribution in [0, 0.1) is 0 Å². The molecule has 1 aliphatic heterocycles. The summed E-state index contributed by atoms with van der Waals surface area (Å²) in [7, 11) is -3.79. The van der Waals surface area contributed by atoms with Crippen LogP contribution in [-0.2, 0) is 21.2 Å². The number of hydrogen-bond donors (Lipinski definition) is 3. The molecule has 1 fully saturated rings. The predicted molar refractivity (Wildman–Crippen MR) is 149 cm³/mol. The maximum Gasteiger partial charge on any atom is 0.261 e. The van der Waals surface area contributed by atoms with Crippen molar-refractivity contribution in [3.8, 4) is 11.5 Å². The molecular weight excluding hydrogens is 516 g/mol. The van der Waals surface area contributed by atoms with Gasteiger partial charge in [-0.2, -0.15) is 5.10 Å². The highest BCUT2D eigenvalue weighted by molar-refractivity contribution is 7.92. The summed E-state index contributed by atoms with van der Waals surface area (Å²) < 4.78 is 40.0. The first kappa shape index (κ1) is 25.2. The molecule has 0 bridgehead atoms. The van der Waals surface area contributed by atoms with E-state index in [0.717, 1.165) is 18.4 Å². The van der Waals surface area contributed by atoms with Crippen LogP contribution >= 0.6 is 0 Å². The highest BCUT2D eigenvalue weighted by atomic mass is 32.2. The quantitative estimate of drug-likeness (QED) is 0.287. The predicted octanol–water partition coefficient (Wildman–Crippen LogP) is 5.36. The van der Waals surface area contributed by atoms with Gasteiger partial charge >= 0.3 is 0 Å². The van der Waals surface area contributed by atoms with Gasteiger partial charge in [0.2, 0.25) is 5.91 Å². The highest BCUT2D eigenvalue weighted by Gasteiger charge is 2.19. The van der Waals surface area contributed by atoms with Gasteiger partial charge in [0.05, 0.1) is 16.8 Å². The Morgan fingerprint density at radius 2 is 1.69 bits per heavy atom. The zero-order valence-corrected chi connectivity index (χ0v) is 22.2. The zero-order chi connectivity index (χ0) is 26.8. The standard InChI is InChI=1S/C29H30N4O5S/c34-28(17-19-6-13-26-27(16-19)38-15-14-37-26)30-29-24-18-22(9-12-25(24)31-32-29)33-39(35,36)23-10-7-21(8-11-23)20-4-2-1-3-5-20/h6-13,16,18,20,33H,1-5,14-15,17H2,(H2,30,31,32,34). The van der Waals surface area contributed by atoms with Crippen molar-refractivity contribution >= 4 is 38.3 Å². The van der Waals surface area contributed by atoms with Gasteiger partial charge in [0.25, 0.3) is 10.0 Å². The Morgan fingerprint density at radius 3 is 2.49 bits per heavy atom. The molecule has 1 amide bonds. The first-order valence-corrected chi connectivity index (χ1v) is 14.7. The number of amides is 1. The number of H-pyrrole nitrogens is 1. The van der Waals surface area contributed by atoms with Crippen LogP contribution in [0.4, 0.5) is 11.5 Å². The summed E-state index contributed by atoms with van der Waals surface area (Å²) in [6.07, 6.45) is 6.16. The van der Waals surface area contributed by atoms with Crippen molar-refractivity contribution < 1.29 is 22.7 Å². The van der Waals surface area contributed by atoms with E-state index in [1.165, 1.54) is 24.8 Å². The molecule has 39 heavy (non-hydrogen) atoms. The lowest BCUT2D eigenvalue weighted by Gasteiger charge is -2.22. The number of rotatable bonds is 7. The van der Waals surface area contributed by atoms with Gasteiger partial charge in [0, 0.05) is 11.1 Å². The van der Waals surface area contributed by atoms with Gasteiger partial charge in [0.1, 0.15) is 13.2 Å². The number of carbonyl (C=O) groups is 1. The molecule has 6 rings (SSSR count). The molecule has 0 atom stereocenters. The summed E-state index contributed by atoms with van der Waals surface area (Å²) in [6.45, 7) is 0.976. The van der Waals surface area contributed by atoms with E-state index in [0.29, 0.717) is 53.0 Å². The molecule has 1 aliphatic carbocycles. The number of fused-ring (bicyclic) bond motifs is 2. The molecule has 9 nitrogen and oxygen atoms in total. The van der Waals surface area contributed by atoms with Crippen LogP contribution in [0.25, 0.3) is 10.9 Å². The van der Waals surface area contributed by atoms with Crippen LogP contribution in [0.5, 0.6) is 11.5 Å². The maximum atomic E-state index is 13.1. The number of benzene rings is 3. The molecule has 202 valence electrons. The average molecular weight is 547 g/mol. The van der Waals surface area contributed by atoms with Gasteiger partial charge in [-0.25, -0.2) is 8.42 Å². The van der Waals surface area contributed by atoms with Crippen LogP contribution in [-0.4, -0.2) is 37.7 Å². The Labute approximate surface area is 227 Å². The SMILES string of the molecule is O=C(Cc1ccc2c(c1)OCCO2)Nc1n[nH]c2ccc(NS(=O)(=O)c3ccc(C4CCCCC4)cc3)cc12. The number of nitrogens with zero attached hydrogens (tertiary/aromatic N) is 1. The number of nitrogens with one attached hydrogen (secondary N) is 3. The van der Waals surface area contributed by atoms with E-state index >= 15 is 0 Å². The first-order chi connectivity index (χ1) is 18.9. The van der Waals surface area contributed by atoms with Crippen LogP contribution in [0.3, 0.4) is 0 Å². The molecular formula is C29H30N4O5S. The molecule has 2 aliphatic rings. The van der Waals surface area contributed by atoms with Crippen molar-refractivity contribution in [1.29, 1.82) is 0 Å². The summed E-state index contributed by atoms with van der Waals surface area (Å²) >= 11 is 0. The molecule has 10 heteroatoms. The molecule has 0 spiro atoms. The Morgan fingerprint density at radius 1 is 0.923 bits per heavy atom. The van der Waals surface area contributed by atoms with Gasteiger partial charge in [-0.1, -0.05) is 37.5 Å². The van der Waals surface area contributed by atoms with E-state index in [1.807, 2.05) is 18.2 Å². The fourth-order valence-corrected chi connectivity index (χ4v) is 6.35. The maximum absolute atomic E-state index is 13.1. The van der Waals surface area contributed by atoms with Gasteiger partial charge in [-0.15, -0.1) is 0 Å². The van der Waals surface area contributed by atoms with Crippen molar-refractivity contribution in [3.05, 3.63) is 71.8 Å². The number of hydrogen-bond acceptors (Lipinski definition) is 6. The minimum atomic E-state index is -3.79. The third-order valence-electron chi connectivity index (χ3n) is 7.31. The summed E-state index contributed by atoms with van der Waals surface area (Å²) in [4.78, 5) is 13.0. The van der Waals surface area contributed by atoms with E-state index in [9.17, 15) is 13.2 Å². The van der Waals surface area contributed by atoms with Crippen LogP contribution < -0.4 is 19.5 Å². The van der Waals surface area contributed by atoms with E-state index in [4.69, 9.17) is 9.47 Å². The molecule has 1 aromatic heterocycles. The van der Waals surface area contributed by atoms with Crippen molar-refractivity contribution in [1.82, 2.24) is 10.2 Å². The van der Waals surface area contributed by atoms with Crippen molar-refractivity contribution in [2.45, 2.75) is 49.3 Å². The third-order valence-corrected chi connectivity index (χ3v) is 8.71. The topological polar surface area (TPSA) is 122 Å². The zero-order valence-electron chi connectivity index (χ0n) is 21.4. The number of anilines is 2. The van der Waals surface area contributed by atoms with E-state index in [2.05, 4.69) is 20.2 Å². The summed E-state index contributed by atoms with van der Waals surface area (Å²) in [6, 6.07) is 17.7. The second kappa shape index (κ2) is 10.6. The number of aromatic nitrogens is 2. The Balaban J connectivity index is 1.15. The largest absolute Gasteiger partial charge is 0.486 e. The number of ether oxygens (including phenoxy) is 2. The molecule has 0 radical (unpaired) electrons.